The molecule has 1 aliphatic carbocycles. The molecule has 0 saturated heterocycles. The lowest BCUT2D eigenvalue weighted by molar-refractivity contribution is 0.283. The molecule has 0 spiro atoms. The van der Waals surface area contributed by atoms with Crippen LogP contribution in [0.2, 0.25) is 5.02 Å². The van der Waals surface area contributed by atoms with Gasteiger partial charge in [0.2, 0.25) is 10.0 Å². The molecule has 7 nitrogen and oxygen atoms in total. The van der Waals surface area contributed by atoms with Crippen molar-refractivity contribution in [3.63, 3.8) is 0 Å². The average Bonchev–Trinajstić information content (AvgIpc) is 3.36. The molecule has 0 unspecified atom stereocenters. The van der Waals surface area contributed by atoms with Crippen molar-refractivity contribution in [2.24, 2.45) is 7.05 Å². The van der Waals surface area contributed by atoms with Gasteiger partial charge in [-0.1, -0.05) is 27.5 Å². The summed E-state index contributed by atoms with van der Waals surface area (Å²) in [5.41, 5.74) is 0.765. The first-order chi connectivity index (χ1) is 12.7. The van der Waals surface area contributed by atoms with Crippen molar-refractivity contribution < 1.29 is 13.5 Å². The number of nitrogens with one attached hydrogen (secondary N) is 2. The van der Waals surface area contributed by atoms with Crippen molar-refractivity contribution in [1.82, 2.24) is 4.57 Å². The Morgan fingerprint density at radius 3 is 2.56 bits per heavy atom. The number of halogens is 2. The van der Waals surface area contributed by atoms with E-state index >= 15 is 0 Å². The second kappa shape index (κ2) is 7.46. The Morgan fingerprint density at radius 2 is 1.96 bits per heavy atom. The van der Waals surface area contributed by atoms with Gasteiger partial charge >= 0.3 is 0 Å². The van der Waals surface area contributed by atoms with Gasteiger partial charge in [0.15, 0.2) is 0 Å². The van der Waals surface area contributed by atoms with E-state index in [1.165, 1.54) is 23.9 Å². The molecule has 1 aliphatic rings. The van der Waals surface area contributed by atoms with E-state index in [1.807, 2.05) is 0 Å². The Labute approximate surface area is 170 Å². The van der Waals surface area contributed by atoms with Crippen molar-refractivity contribution in [3.05, 3.63) is 50.3 Å². The molecule has 1 saturated carbocycles. The molecule has 146 valence electrons. The van der Waals surface area contributed by atoms with Crippen molar-refractivity contribution in [2.75, 3.05) is 16.6 Å². The molecule has 0 atom stereocenters. The molecule has 0 bridgehead atoms. The number of hydrogen-bond acceptors (Lipinski definition) is 5. The molecule has 27 heavy (non-hydrogen) atoms. The van der Waals surface area contributed by atoms with Gasteiger partial charge in [-0.3, -0.25) is 9.52 Å². The molecule has 3 rings (SSSR count). The highest BCUT2D eigenvalue weighted by atomic mass is 79.9. The van der Waals surface area contributed by atoms with Crippen LogP contribution >= 0.6 is 27.5 Å². The fourth-order valence-corrected chi connectivity index (χ4v) is 5.19. The van der Waals surface area contributed by atoms with E-state index in [0.717, 1.165) is 4.47 Å². The Kier molecular flexibility index (Phi) is 5.58. The maximum atomic E-state index is 12.8. The number of aryl methyl sites for hydroxylation is 1. The third-order valence-electron chi connectivity index (χ3n) is 4.62. The van der Waals surface area contributed by atoms with Crippen LogP contribution in [0.4, 0.5) is 17.1 Å². The molecule has 0 aliphatic heterocycles. The lowest BCUT2D eigenvalue weighted by Crippen LogP contribution is -2.31. The SMILES string of the molecule is Cn1cc(NS(=O)(=O)C2(CCO)CC2)c(Nc2ccc(Br)cc2Cl)cc1=O. The van der Waals surface area contributed by atoms with Crippen LogP contribution in [0.3, 0.4) is 0 Å². The normalized spacial score (nSPS) is 15.4. The molecule has 10 heteroatoms. The predicted molar refractivity (Wildman–Crippen MR) is 110 cm³/mol. The van der Waals surface area contributed by atoms with E-state index in [2.05, 4.69) is 26.0 Å². The van der Waals surface area contributed by atoms with Crippen LogP contribution in [-0.2, 0) is 17.1 Å². The van der Waals surface area contributed by atoms with Crippen LogP contribution in [0.25, 0.3) is 0 Å². The number of rotatable bonds is 7. The van der Waals surface area contributed by atoms with Crippen LogP contribution in [0.5, 0.6) is 0 Å². The quantitative estimate of drug-likeness (QED) is 0.570. The predicted octanol–water partition coefficient (Wildman–Crippen LogP) is 3.20. The number of aromatic nitrogens is 1. The van der Waals surface area contributed by atoms with Gasteiger partial charge in [-0.25, -0.2) is 8.42 Å². The number of benzene rings is 1. The van der Waals surface area contributed by atoms with Gasteiger partial charge in [0.25, 0.3) is 5.56 Å². The Hall–Kier alpha value is -1.55. The Balaban J connectivity index is 1.98. The van der Waals surface area contributed by atoms with E-state index < -0.39 is 14.8 Å². The van der Waals surface area contributed by atoms with Crippen LogP contribution < -0.4 is 15.6 Å². The minimum absolute atomic E-state index is 0.176. The Bertz CT molecular complexity index is 1030. The van der Waals surface area contributed by atoms with E-state index in [0.29, 0.717) is 29.2 Å². The molecule has 1 aromatic heterocycles. The molecule has 0 radical (unpaired) electrons. The highest BCUT2D eigenvalue weighted by Crippen LogP contribution is 2.47. The summed E-state index contributed by atoms with van der Waals surface area (Å²) in [4.78, 5) is 12.1. The van der Waals surface area contributed by atoms with Crippen molar-refractivity contribution in [3.8, 4) is 0 Å². The van der Waals surface area contributed by atoms with E-state index in [-0.39, 0.29) is 24.3 Å². The number of hydrogen-bond donors (Lipinski definition) is 3. The Morgan fingerprint density at radius 1 is 1.26 bits per heavy atom. The highest BCUT2D eigenvalue weighted by Gasteiger charge is 2.54. The van der Waals surface area contributed by atoms with E-state index in [1.54, 1.807) is 18.2 Å². The summed E-state index contributed by atoms with van der Waals surface area (Å²) in [6.07, 6.45) is 2.59. The van der Waals surface area contributed by atoms with Gasteiger partial charge in [0.1, 0.15) is 0 Å². The van der Waals surface area contributed by atoms with Gasteiger partial charge in [-0.05, 0) is 37.5 Å². The van der Waals surface area contributed by atoms with Crippen LogP contribution in [0, 0.1) is 0 Å². The van der Waals surface area contributed by atoms with Crippen molar-refractivity contribution in [1.29, 1.82) is 0 Å². The number of sulfonamides is 1. The summed E-state index contributed by atoms with van der Waals surface area (Å²) in [6.45, 7) is -0.201. The third-order valence-corrected chi connectivity index (χ3v) is 7.67. The zero-order chi connectivity index (χ0) is 19.8. The number of nitrogens with zero attached hydrogens (tertiary/aromatic N) is 1. The van der Waals surface area contributed by atoms with E-state index in [4.69, 9.17) is 11.6 Å². The largest absolute Gasteiger partial charge is 0.396 e. The maximum Gasteiger partial charge on any atom is 0.252 e. The lowest BCUT2D eigenvalue weighted by Gasteiger charge is -2.20. The molecular weight excluding hydrogens is 458 g/mol. The van der Waals surface area contributed by atoms with Gasteiger partial charge in [-0.2, -0.15) is 0 Å². The smallest absolute Gasteiger partial charge is 0.252 e. The summed E-state index contributed by atoms with van der Waals surface area (Å²) in [7, 11) is -2.19. The second-order valence-electron chi connectivity index (χ2n) is 6.56. The molecular formula is C17H19BrClN3O4S. The maximum absolute atomic E-state index is 12.8. The summed E-state index contributed by atoms with van der Waals surface area (Å²) in [5, 5.41) is 12.6. The zero-order valence-corrected chi connectivity index (χ0v) is 17.7. The summed E-state index contributed by atoms with van der Waals surface area (Å²) in [5.74, 6) is 0. The molecule has 3 N–H and O–H groups in total. The first kappa shape index (κ1) is 20.2. The van der Waals surface area contributed by atoms with Crippen LogP contribution in [0.15, 0.2) is 39.7 Å². The minimum atomic E-state index is -3.73. The van der Waals surface area contributed by atoms with Crippen molar-refractivity contribution >= 4 is 54.6 Å². The molecule has 0 amide bonds. The number of pyridine rings is 1. The second-order valence-corrected chi connectivity index (χ2v) is 9.96. The zero-order valence-electron chi connectivity index (χ0n) is 14.5. The number of aliphatic hydroxyl groups excluding tert-OH is 1. The fraction of sp³-hybridized carbons (Fsp3) is 0.353. The monoisotopic (exact) mass is 475 g/mol. The molecule has 1 fully saturated rings. The minimum Gasteiger partial charge on any atom is -0.396 e. The summed E-state index contributed by atoms with van der Waals surface area (Å²) < 4.78 is 29.3. The van der Waals surface area contributed by atoms with Crippen LogP contribution in [-0.4, -0.2) is 29.4 Å². The third kappa shape index (κ3) is 4.16. The summed E-state index contributed by atoms with van der Waals surface area (Å²) >= 11 is 9.54. The fourth-order valence-electron chi connectivity index (χ4n) is 2.80. The number of anilines is 3. The molecule has 1 heterocycles. The first-order valence-electron chi connectivity index (χ1n) is 8.23. The lowest BCUT2D eigenvalue weighted by atomic mass is 10.3. The molecule has 1 aromatic carbocycles. The standard InChI is InChI=1S/C17H19BrClN3O4S/c1-22-10-15(21-27(25,26)17(4-5-17)6-7-23)14(9-16(22)24)20-13-3-2-11(18)8-12(13)19/h2-3,8-10,20-21,23H,4-7H2,1H3. The molecule has 2 aromatic rings. The van der Waals surface area contributed by atoms with Gasteiger partial charge in [0.05, 0.1) is 26.8 Å². The van der Waals surface area contributed by atoms with Gasteiger partial charge in [-0.15, -0.1) is 0 Å². The first-order valence-corrected chi connectivity index (χ1v) is 10.9. The topological polar surface area (TPSA) is 100 Å². The summed E-state index contributed by atoms with van der Waals surface area (Å²) in [6, 6.07) is 6.49. The highest BCUT2D eigenvalue weighted by molar-refractivity contribution is 9.10. The number of aliphatic hydroxyl groups is 1. The van der Waals surface area contributed by atoms with Gasteiger partial charge < -0.3 is 15.0 Å². The van der Waals surface area contributed by atoms with Crippen molar-refractivity contribution in [2.45, 2.75) is 24.0 Å². The van der Waals surface area contributed by atoms with Gasteiger partial charge in [0, 0.05) is 30.4 Å². The average molecular weight is 477 g/mol. The van der Waals surface area contributed by atoms with E-state index in [9.17, 15) is 18.3 Å². The van der Waals surface area contributed by atoms with Crippen LogP contribution in [0.1, 0.15) is 19.3 Å².